The van der Waals surface area contributed by atoms with Crippen molar-refractivity contribution < 1.29 is 19.4 Å². The second-order valence-corrected chi connectivity index (χ2v) is 8.96. The van der Waals surface area contributed by atoms with Crippen molar-refractivity contribution >= 4 is 34.4 Å². The maximum Gasteiger partial charge on any atom is 0.255 e. The minimum absolute atomic E-state index is 0.185. The van der Waals surface area contributed by atoms with Gasteiger partial charge in [-0.2, -0.15) is 0 Å². The molecular weight excluding hydrogens is 430 g/mol. The smallest absolute Gasteiger partial charge is 0.255 e. The Morgan fingerprint density at radius 2 is 1.82 bits per heavy atom. The lowest BCUT2D eigenvalue weighted by Gasteiger charge is -2.30. The van der Waals surface area contributed by atoms with Gasteiger partial charge in [0, 0.05) is 29.3 Å². The van der Waals surface area contributed by atoms with Gasteiger partial charge in [0.1, 0.15) is 6.29 Å². The summed E-state index contributed by atoms with van der Waals surface area (Å²) in [6.45, 7) is 3.95. The Labute approximate surface area is 196 Å². The molecule has 34 heavy (non-hydrogen) atoms. The van der Waals surface area contributed by atoms with Crippen LogP contribution in [0.4, 0.5) is 22.7 Å². The monoisotopic (exact) mass is 453 g/mol. The van der Waals surface area contributed by atoms with Crippen molar-refractivity contribution in [1.29, 1.82) is 0 Å². The summed E-state index contributed by atoms with van der Waals surface area (Å²) < 4.78 is 1.61. The standard InChI is InChI=1S/C26H23N5O3/c1-15-11-12-16(2)22(13-15)31-23(24(32)34-30-31)21-14-26(29-20-10-6-5-9-19(20)27-21)17-7-3-4-8-18(17)28-25(26)33/h3-13,23-24,29H,14H2,1-2H3,(H,28,33). The molecule has 3 atom stereocenters. The minimum Gasteiger partial charge on any atom is -0.814 e. The molecule has 0 saturated carbocycles. The third-order valence-electron chi connectivity index (χ3n) is 6.70. The van der Waals surface area contributed by atoms with Crippen LogP contribution in [0, 0.1) is 13.8 Å². The first-order valence-electron chi connectivity index (χ1n) is 11.2. The van der Waals surface area contributed by atoms with Gasteiger partial charge < -0.3 is 20.6 Å². The summed E-state index contributed by atoms with van der Waals surface area (Å²) in [5.41, 5.74) is 5.15. The van der Waals surface area contributed by atoms with E-state index in [0.29, 0.717) is 11.4 Å². The third kappa shape index (κ3) is 3.03. The molecule has 0 fully saturated rings. The predicted molar refractivity (Wildman–Crippen MR) is 125 cm³/mol. The van der Waals surface area contributed by atoms with E-state index < -0.39 is 17.9 Å². The molecule has 8 nitrogen and oxygen atoms in total. The number of benzene rings is 3. The van der Waals surface area contributed by atoms with Crippen LogP contribution in [0.5, 0.6) is 0 Å². The number of aliphatic imine (C=N–C) groups is 1. The second-order valence-electron chi connectivity index (χ2n) is 8.96. The summed E-state index contributed by atoms with van der Waals surface area (Å²) >= 11 is 0. The number of hydrogen-bond donors (Lipinski definition) is 2. The first kappa shape index (κ1) is 20.6. The summed E-state index contributed by atoms with van der Waals surface area (Å²) in [5.74, 6) is -0.185. The van der Waals surface area contributed by atoms with Gasteiger partial charge in [0.15, 0.2) is 10.8 Å². The van der Waals surface area contributed by atoms with E-state index in [9.17, 15) is 9.90 Å². The van der Waals surface area contributed by atoms with Crippen LogP contribution in [0.1, 0.15) is 23.1 Å². The molecule has 6 rings (SSSR count). The number of anilines is 2. The average Bonchev–Trinajstić information content (AvgIpc) is 3.26. The summed E-state index contributed by atoms with van der Waals surface area (Å²) in [5, 5.41) is 23.7. The van der Waals surface area contributed by atoms with Crippen molar-refractivity contribution in [2.45, 2.75) is 38.1 Å². The van der Waals surface area contributed by atoms with Crippen LogP contribution in [0.15, 0.2) is 77.0 Å². The fourth-order valence-corrected chi connectivity index (χ4v) is 4.98. The summed E-state index contributed by atoms with van der Waals surface area (Å²) in [6.07, 6.45) is -1.30. The van der Waals surface area contributed by atoms with Crippen molar-refractivity contribution in [2.24, 2.45) is 10.3 Å². The van der Waals surface area contributed by atoms with Crippen LogP contribution in [0.2, 0.25) is 0 Å². The average molecular weight is 454 g/mol. The van der Waals surface area contributed by atoms with Gasteiger partial charge >= 0.3 is 0 Å². The molecule has 0 aromatic heterocycles. The van der Waals surface area contributed by atoms with E-state index in [2.05, 4.69) is 15.9 Å². The van der Waals surface area contributed by atoms with Crippen LogP contribution < -0.4 is 15.7 Å². The zero-order chi connectivity index (χ0) is 23.4. The molecule has 3 aliphatic heterocycles. The van der Waals surface area contributed by atoms with E-state index in [-0.39, 0.29) is 12.3 Å². The second kappa shape index (κ2) is 7.50. The summed E-state index contributed by atoms with van der Waals surface area (Å²) in [4.78, 5) is 23.7. The van der Waals surface area contributed by atoms with Gasteiger partial charge in [0.2, 0.25) is 5.69 Å². The molecule has 3 unspecified atom stereocenters. The molecule has 0 radical (unpaired) electrons. The molecule has 170 valence electrons. The lowest BCUT2D eigenvalue weighted by Crippen LogP contribution is -2.50. The Kier molecular flexibility index (Phi) is 4.53. The minimum atomic E-state index is -1.49. The molecule has 3 aromatic carbocycles. The number of amides is 1. The van der Waals surface area contributed by atoms with Gasteiger partial charge in [-0.1, -0.05) is 42.5 Å². The van der Waals surface area contributed by atoms with Crippen molar-refractivity contribution in [3.63, 3.8) is 0 Å². The van der Waals surface area contributed by atoms with E-state index >= 15 is 0 Å². The highest BCUT2D eigenvalue weighted by atomic mass is 16.7. The lowest BCUT2D eigenvalue weighted by molar-refractivity contribution is -0.558. The molecule has 1 amide bonds. The Morgan fingerprint density at radius 3 is 2.68 bits per heavy atom. The number of fused-ring (bicyclic) bond motifs is 3. The van der Waals surface area contributed by atoms with E-state index in [4.69, 9.17) is 9.83 Å². The zero-order valence-corrected chi connectivity index (χ0v) is 18.8. The van der Waals surface area contributed by atoms with Gasteiger partial charge in [-0.25, -0.2) is 4.99 Å². The van der Waals surface area contributed by atoms with Gasteiger partial charge in [-0.15, -0.1) is 0 Å². The third-order valence-corrected chi connectivity index (χ3v) is 6.70. The van der Waals surface area contributed by atoms with E-state index in [1.54, 1.807) is 4.70 Å². The number of hydrogen-bond acceptors (Lipinski definition) is 6. The fraction of sp³-hybridized carbons (Fsp3) is 0.231. The Morgan fingerprint density at radius 1 is 1.06 bits per heavy atom. The highest BCUT2D eigenvalue weighted by molar-refractivity contribution is 6.12. The Bertz CT molecular complexity index is 1400. The highest BCUT2D eigenvalue weighted by Gasteiger charge is 2.53. The normalized spacial score (nSPS) is 24.9. The number of nitrogens with zero attached hydrogens (tertiary/aromatic N) is 3. The maximum absolute atomic E-state index is 13.5. The van der Waals surface area contributed by atoms with Crippen LogP contribution in [0.25, 0.3) is 0 Å². The molecule has 0 saturated heterocycles. The first-order valence-corrected chi connectivity index (χ1v) is 11.2. The molecule has 3 aromatic rings. The van der Waals surface area contributed by atoms with Crippen molar-refractivity contribution in [3.05, 3.63) is 83.4 Å². The quantitative estimate of drug-likeness (QED) is 0.576. The number of nitrogens with one attached hydrogen (secondary N) is 2. The van der Waals surface area contributed by atoms with Crippen molar-refractivity contribution in [2.75, 3.05) is 10.6 Å². The van der Waals surface area contributed by atoms with Gasteiger partial charge in [0.25, 0.3) is 11.9 Å². The summed E-state index contributed by atoms with van der Waals surface area (Å²) in [6, 6.07) is 20.3. The zero-order valence-electron chi connectivity index (χ0n) is 18.8. The molecule has 0 aliphatic carbocycles. The van der Waals surface area contributed by atoms with E-state index in [0.717, 1.165) is 33.8 Å². The predicted octanol–water partition coefficient (Wildman–Crippen LogP) is 3.84. The topological polar surface area (TPSA) is 101 Å². The van der Waals surface area contributed by atoms with Crippen LogP contribution in [-0.2, 0) is 15.2 Å². The first-order chi connectivity index (χ1) is 16.5. The molecular formula is C26H23N5O3. The molecule has 1 spiro atoms. The van der Waals surface area contributed by atoms with Gasteiger partial charge in [0.05, 0.1) is 17.1 Å². The fourth-order valence-electron chi connectivity index (χ4n) is 4.98. The molecule has 0 bridgehead atoms. The van der Waals surface area contributed by atoms with Crippen LogP contribution >= 0.6 is 0 Å². The number of para-hydroxylation sites is 3. The van der Waals surface area contributed by atoms with Crippen LogP contribution in [-0.4, -0.2) is 28.6 Å². The Hall–Kier alpha value is -4.04. The van der Waals surface area contributed by atoms with E-state index in [1.807, 2.05) is 80.6 Å². The van der Waals surface area contributed by atoms with Gasteiger partial charge in [-0.05, 0) is 42.3 Å². The molecule has 3 aliphatic rings. The largest absolute Gasteiger partial charge is 0.814 e. The number of carbonyl (C=O) groups is 1. The van der Waals surface area contributed by atoms with Crippen LogP contribution in [0.3, 0.4) is 0 Å². The maximum atomic E-state index is 13.5. The number of carbonyl (C=O) groups excluding carboxylic acids is 1. The van der Waals surface area contributed by atoms with E-state index in [1.165, 1.54) is 0 Å². The lowest BCUT2D eigenvalue weighted by atomic mass is 9.84. The number of rotatable bonds is 2. The van der Waals surface area contributed by atoms with Crippen molar-refractivity contribution in [3.8, 4) is 0 Å². The molecule has 8 heteroatoms. The SMILES string of the molecule is Cc1ccc(C)c([N+]2=NOC([O-])C2C2=Nc3ccccc3NC3(C2)C(=O)Nc2ccccc23)c1. The van der Waals surface area contributed by atoms with Crippen molar-refractivity contribution in [1.82, 2.24) is 0 Å². The number of aryl methyl sites for hydroxylation is 2. The summed E-state index contributed by atoms with van der Waals surface area (Å²) in [7, 11) is 0. The highest BCUT2D eigenvalue weighted by Crippen LogP contribution is 2.46. The Balaban J connectivity index is 1.53. The van der Waals surface area contributed by atoms with Gasteiger partial charge in [-0.3, -0.25) is 4.79 Å². The molecule has 2 N–H and O–H groups in total. The molecule has 3 heterocycles.